The Labute approximate surface area is 145 Å². The summed E-state index contributed by atoms with van der Waals surface area (Å²) in [5.74, 6) is 0.242. The van der Waals surface area contributed by atoms with E-state index in [0.717, 1.165) is 56.5 Å². The first kappa shape index (κ1) is 17.1. The first-order valence-electron chi connectivity index (χ1n) is 9.57. The van der Waals surface area contributed by atoms with Gasteiger partial charge < -0.3 is 9.47 Å². The number of piperidine rings is 1. The molecule has 1 aromatic carbocycles. The number of likely N-dealkylation sites (tertiary alicyclic amines) is 1. The summed E-state index contributed by atoms with van der Waals surface area (Å²) in [7, 11) is 0. The number of para-hydroxylation sites is 1. The number of aromatic nitrogens is 1. The predicted molar refractivity (Wildman–Crippen MR) is 101 cm³/mol. The van der Waals surface area contributed by atoms with Crippen LogP contribution in [0.4, 0.5) is 0 Å². The van der Waals surface area contributed by atoms with Crippen molar-refractivity contribution in [1.29, 1.82) is 0 Å². The molecule has 0 saturated carbocycles. The van der Waals surface area contributed by atoms with E-state index in [2.05, 4.69) is 54.5 Å². The Morgan fingerprint density at radius 1 is 1.21 bits per heavy atom. The maximum absolute atomic E-state index is 13.4. The van der Waals surface area contributed by atoms with Gasteiger partial charge in [-0.05, 0) is 50.7 Å². The zero-order chi connectivity index (χ0) is 17.1. The highest BCUT2D eigenvalue weighted by Crippen LogP contribution is 2.29. The maximum atomic E-state index is 13.4. The molecule has 3 nitrogen and oxygen atoms in total. The number of unbranched alkanes of at least 4 members (excludes halogenated alkanes) is 1. The summed E-state index contributed by atoms with van der Waals surface area (Å²) in [5, 5.41) is 1.22. The van der Waals surface area contributed by atoms with Crippen molar-refractivity contribution in [1.82, 2.24) is 9.47 Å². The molecule has 2 aromatic rings. The Morgan fingerprint density at radius 3 is 2.75 bits per heavy atom. The van der Waals surface area contributed by atoms with Gasteiger partial charge in [0.25, 0.3) is 5.91 Å². The lowest BCUT2D eigenvalue weighted by molar-refractivity contribution is 0.0596. The van der Waals surface area contributed by atoms with E-state index in [1.807, 2.05) is 0 Å². The van der Waals surface area contributed by atoms with Crippen LogP contribution in [0.5, 0.6) is 0 Å². The van der Waals surface area contributed by atoms with Crippen LogP contribution in [0.15, 0.2) is 24.3 Å². The van der Waals surface area contributed by atoms with Gasteiger partial charge in [0.2, 0.25) is 0 Å². The molecule has 2 heterocycles. The largest absolute Gasteiger partial charge is 0.336 e. The molecule has 3 rings (SSSR count). The number of hydrogen-bond acceptors (Lipinski definition) is 1. The van der Waals surface area contributed by atoms with Crippen molar-refractivity contribution < 1.29 is 4.79 Å². The Morgan fingerprint density at radius 2 is 2.00 bits per heavy atom. The van der Waals surface area contributed by atoms with Crippen molar-refractivity contribution in [2.24, 2.45) is 0 Å². The predicted octanol–water partition coefficient (Wildman–Crippen LogP) is 5.15. The number of carbonyl (C=O) groups excluding carboxylic acids is 1. The van der Waals surface area contributed by atoms with Crippen molar-refractivity contribution in [3.05, 3.63) is 35.5 Å². The van der Waals surface area contributed by atoms with Gasteiger partial charge in [-0.3, -0.25) is 4.79 Å². The summed E-state index contributed by atoms with van der Waals surface area (Å²) < 4.78 is 2.28. The van der Waals surface area contributed by atoms with Crippen LogP contribution in [0.3, 0.4) is 0 Å². The summed E-state index contributed by atoms with van der Waals surface area (Å²) in [5.41, 5.74) is 3.27. The first-order chi connectivity index (χ1) is 11.7. The van der Waals surface area contributed by atoms with Crippen LogP contribution < -0.4 is 0 Å². The van der Waals surface area contributed by atoms with Gasteiger partial charge in [-0.15, -0.1) is 0 Å². The summed E-state index contributed by atoms with van der Waals surface area (Å²) in [6.45, 7) is 8.36. The van der Waals surface area contributed by atoms with E-state index in [1.165, 1.54) is 17.3 Å². The van der Waals surface area contributed by atoms with Crippen LogP contribution in [-0.4, -0.2) is 28.0 Å². The lowest BCUT2D eigenvalue weighted by Gasteiger charge is -2.35. The molecule has 1 saturated heterocycles. The summed E-state index contributed by atoms with van der Waals surface area (Å²) in [6.07, 6.45) is 6.84. The van der Waals surface area contributed by atoms with E-state index >= 15 is 0 Å². The molecule has 0 bridgehead atoms. The van der Waals surface area contributed by atoms with Crippen LogP contribution in [0, 0.1) is 6.92 Å². The van der Waals surface area contributed by atoms with Gasteiger partial charge in [0.1, 0.15) is 5.69 Å². The molecule has 0 spiro atoms. The van der Waals surface area contributed by atoms with E-state index in [9.17, 15) is 4.79 Å². The Kier molecular flexibility index (Phi) is 5.27. The Balaban J connectivity index is 2.06. The fourth-order valence-electron chi connectivity index (χ4n) is 4.13. The van der Waals surface area contributed by atoms with E-state index < -0.39 is 0 Å². The third-order valence-corrected chi connectivity index (χ3v) is 5.52. The van der Waals surface area contributed by atoms with Gasteiger partial charge in [-0.1, -0.05) is 38.5 Å². The molecular formula is C21H30N2O. The molecule has 3 heteroatoms. The fourth-order valence-corrected chi connectivity index (χ4v) is 4.13. The summed E-state index contributed by atoms with van der Waals surface area (Å²) in [6, 6.07) is 8.86. The van der Waals surface area contributed by atoms with Crippen LogP contribution in [0.25, 0.3) is 10.9 Å². The number of rotatable bonds is 5. The highest BCUT2D eigenvalue weighted by Gasteiger charge is 2.30. The molecule has 1 amide bonds. The average molecular weight is 326 g/mol. The highest BCUT2D eigenvalue weighted by atomic mass is 16.2. The van der Waals surface area contributed by atoms with E-state index in [4.69, 9.17) is 0 Å². The summed E-state index contributed by atoms with van der Waals surface area (Å²) >= 11 is 0. The molecule has 1 atom stereocenters. The minimum atomic E-state index is 0.242. The molecule has 0 aliphatic carbocycles. The lowest BCUT2D eigenvalue weighted by Crippen LogP contribution is -2.44. The molecule has 130 valence electrons. The third-order valence-electron chi connectivity index (χ3n) is 5.52. The lowest BCUT2D eigenvalue weighted by atomic mass is 9.99. The third kappa shape index (κ3) is 2.97. The topological polar surface area (TPSA) is 25.2 Å². The highest BCUT2D eigenvalue weighted by molar-refractivity contribution is 6.01. The molecule has 1 aliphatic rings. The molecule has 0 N–H and O–H groups in total. The van der Waals surface area contributed by atoms with Crippen molar-refractivity contribution in [2.45, 2.75) is 71.9 Å². The fraction of sp³-hybridized carbons (Fsp3) is 0.571. The molecule has 0 radical (unpaired) electrons. The molecular weight excluding hydrogens is 296 g/mol. The number of fused-ring (bicyclic) bond motifs is 1. The van der Waals surface area contributed by atoms with Gasteiger partial charge in [-0.25, -0.2) is 0 Å². The van der Waals surface area contributed by atoms with E-state index in [0.29, 0.717) is 6.04 Å². The minimum absolute atomic E-state index is 0.242. The second-order valence-corrected chi connectivity index (χ2v) is 7.05. The number of amides is 1. The Hall–Kier alpha value is -1.77. The van der Waals surface area contributed by atoms with Crippen LogP contribution in [-0.2, 0) is 6.54 Å². The van der Waals surface area contributed by atoms with Crippen molar-refractivity contribution in [2.75, 3.05) is 6.54 Å². The number of carbonyl (C=O) groups is 1. The molecule has 24 heavy (non-hydrogen) atoms. The quantitative estimate of drug-likeness (QED) is 0.745. The number of aryl methyl sites for hydroxylation is 2. The molecule has 1 unspecified atom stereocenters. The van der Waals surface area contributed by atoms with Gasteiger partial charge in [-0.2, -0.15) is 0 Å². The standard InChI is InChI=1S/C21H30N2O/c1-4-6-14-23-19-13-8-7-12-18(19)16(3)20(23)21(24)22-15-10-9-11-17(22)5-2/h7-8,12-13,17H,4-6,9-11,14-15H2,1-3H3. The van der Waals surface area contributed by atoms with Crippen LogP contribution in [0.1, 0.15) is 68.4 Å². The molecule has 1 aromatic heterocycles. The van der Waals surface area contributed by atoms with E-state index in [-0.39, 0.29) is 5.91 Å². The minimum Gasteiger partial charge on any atom is -0.336 e. The maximum Gasteiger partial charge on any atom is 0.271 e. The van der Waals surface area contributed by atoms with Crippen molar-refractivity contribution in [3.63, 3.8) is 0 Å². The normalized spacial score (nSPS) is 18.3. The van der Waals surface area contributed by atoms with Crippen molar-refractivity contribution >= 4 is 16.8 Å². The monoisotopic (exact) mass is 326 g/mol. The SMILES string of the molecule is CCCCn1c(C(=O)N2CCCCC2CC)c(C)c2ccccc21. The van der Waals surface area contributed by atoms with Crippen LogP contribution in [0.2, 0.25) is 0 Å². The van der Waals surface area contributed by atoms with Crippen molar-refractivity contribution in [3.8, 4) is 0 Å². The van der Waals surface area contributed by atoms with Gasteiger partial charge in [0, 0.05) is 30.0 Å². The second kappa shape index (κ2) is 7.42. The first-order valence-corrected chi connectivity index (χ1v) is 9.57. The average Bonchev–Trinajstić information content (AvgIpc) is 2.91. The summed E-state index contributed by atoms with van der Waals surface area (Å²) in [4.78, 5) is 15.6. The number of nitrogens with zero attached hydrogens (tertiary/aromatic N) is 2. The van der Waals surface area contributed by atoms with Gasteiger partial charge in [0.15, 0.2) is 0 Å². The van der Waals surface area contributed by atoms with Gasteiger partial charge >= 0.3 is 0 Å². The molecule has 1 fully saturated rings. The zero-order valence-electron chi connectivity index (χ0n) is 15.3. The van der Waals surface area contributed by atoms with Crippen LogP contribution >= 0.6 is 0 Å². The second-order valence-electron chi connectivity index (χ2n) is 7.05. The molecule has 1 aliphatic heterocycles. The zero-order valence-corrected chi connectivity index (χ0v) is 15.3. The van der Waals surface area contributed by atoms with Gasteiger partial charge in [0.05, 0.1) is 0 Å². The Bertz CT molecular complexity index is 716. The van der Waals surface area contributed by atoms with E-state index in [1.54, 1.807) is 0 Å². The smallest absolute Gasteiger partial charge is 0.271 e. The number of benzene rings is 1. The number of hydrogen-bond donors (Lipinski definition) is 0.